The van der Waals surface area contributed by atoms with E-state index >= 15 is 0 Å². The van der Waals surface area contributed by atoms with Crippen LogP contribution in [0.4, 0.5) is 0 Å². The molecule has 3 rings (SSSR count). The van der Waals surface area contributed by atoms with Gasteiger partial charge in [0, 0.05) is 43.7 Å². The number of piperazine rings is 1. The first kappa shape index (κ1) is 18.9. The zero-order valence-electron chi connectivity index (χ0n) is 15.1. The molecule has 0 atom stereocenters. The van der Waals surface area contributed by atoms with E-state index in [1.165, 1.54) is 14.2 Å². The monoisotopic (exact) mass is 395 g/mol. The molecule has 2 aromatic rings. The smallest absolute Gasteiger partial charge is 0.254 e. The lowest BCUT2D eigenvalue weighted by molar-refractivity contribution is 0.0627. The third-order valence-corrected chi connectivity index (χ3v) is 5.50. The molecule has 2 heterocycles. The van der Waals surface area contributed by atoms with Gasteiger partial charge in [-0.25, -0.2) is 4.98 Å². The number of aryl methyl sites for hydroxylation is 1. The van der Waals surface area contributed by atoms with Gasteiger partial charge in [0.15, 0.2) is 11.5 Å². The summed E-state index contributed by atoms with van der Waals surface area (Å²) in [6.07, 6.45) is 0. The topological polar surface area (TPSA) is 54.9 Å². The summed E-state index contributed by atoms with van der Waals surface area (Å²) in [5.41, 5.74) is 1.61. The van der Waals surface area contributed by atoms with Gasteiger partial charge in [-0.2, -0.15) is 0 Å². The molecule has 0 spiro atoms. The molecule has 6 nitrogen and oxygen atoms in total. The highest BCUT2D eigenvalue weighted by Crippen LogP contribution is 2.36. The molecule has 1 saturated heterocycles. The van der Waals surface area contributed by atoms with Gasteiger partial charge in [-0.3, -0.25) is 9.69 Å². The van der Waals surface area contributed by atoms with Crippen molar-refractivity contribution in [1.29, 1.82) is 0 Å². The Kier molecular flexibility index (Phi) is 6.01. The van der Waals surface area contributed by atoms with Crippen LogP contribution < -0.4 is 9.47 Å². The quantitative estimate of drug-likeness (QED) is 0.778. The van der Waals surface area contributed by atoms with E-state index in [-0.39, 0.29) is 5.91 Å². The minimum absolute atomic E-state index is 0.0444. The first-order valence-electron chi connectivity index (χ1n) is 8.36. The minimum Gasteiger partial charge on any atom is -0.493 e. The first-order valence-corrected chi connectivity index (χ1v) is 9.61. The average Bonchev–Trinajstić information content (AvgIpc) is 3.05. The van der Waals surface area contributed by atoms with Crippen LogP contribution in [0.5, 0.6) is 11.5 Å². The fourth-order valence-electron chi connectivity index (χ4n) is 3.04. The molecule has 1 aliphatic rings. The molecule has 1 aromatic heterocycles. The molecule has 26 heavy (non-hydrogen) atoms. The lowest BCUT2D eigenvalue weighted by Gasteiger charge is -2.34. The summed E-state index contributed by atoms with van der Waals surface area (Å²) < 4.78 is 10.5. The minimum atomic E-state index is -0.0444. The molecule has 0 radical (unpaired) electrons. The number of ether oxygens (including phenoxy) is 2. The van der Waals surface area contributed by atoms with Gasteiger partial charge >= 0.3 is 0 Å². The van der Waals surface area contributed by atoms with Gasteiger partial charge in [0.25, 0.3) is 5.91 Å². The Bertz CT molecular complexity index is 788. The summed E-state index contributed by atoms with van der Waals surface area (Å²) in [4.78, 5) is 21.5. The highest BCUT2D eigenvalue weighted by atomic mass is 35.5. The van der Waals surface area contributed by atoms with Gasteiger partial charge in [0.2, 0.25) is 0 Å². The number of hydrogen-bond donors (Lipinski definition) is 0. The van der Waals surface area contributed by atoms with E-state index in [0.29, 0.717) is 35.2 Å². The largest absolute Gasteiger partial charge is 0.493 e. The molecule has 8 heteroatoms. The van der Waals surface area contributed by atoms with Crippen molar-refractivity contribution in [2.45, 2.75) is 13.5 Å². The lowest BCUT2D eigenvalue weighted by Crippen LogP contribution is -2.48. The van der Waals surface area contributed by atoms with Crippen LogP contribution in [0.1, 0.15) is 21.1 Å². The number of hydrogen-bond acceptors (Lipinski definition) is 6. The van der Waals surface area contributed by atoms with E-state index < -0.39 is 0 Å². The van der Waals surface area contributed by atoms with Crippen LogP contribution in [0.25, 0.3) is 0 Å². The molecule has 1 amide bonds. The predicted molar refractivity (Wildman–Crippen MR) is 103 cm³/mol. The van der Waals surface area contributed by atoms with Crippen molar-refractivity contribution in [3.63, 3.8) is 0 Å². The van der Waals surface area contributed by atoms with Crippen LogP contribution in [-0.2, 0) is 6.54 Å². The molecule has 1 aliphatic heterocycles. The van der Waals surface area contributed by atoms with E-state index in [2.05, 4.69) is 15.3 Å². The van der Waals surface area contributed by atoms with E-state index in [1.54, 1.807) is 23.5 Å². The second kappa shape index (κ2) is 8.24. The number of aromatic nitrogens is 1. The van der Waals surface area contributed by atoms with E-state index in [0.717, 1.165) is 30.3 Å². The molecule has 140 valence electrons. The SMILES string of the molecule is COc1cc(C(=O)N2CCN(Cc3csc(C)n3)CC2)cc(Cl)c1OC. The highest BCUT2D eigenvalue weighted by Gasteiger charge is 2.24. The normalized spacial score (nSPS) is 15.2. The van der Waals surface area contributed by atoms with Crippen molar-refractivity contribution in [3.8, 4) is 11.5 Å². The van der Waals surface area contributed by atoms with E-state index in [1.807, 2.05) is 11.8 Å². The lowest BCUT2D eigenvalue weighted by atomic mass is 10.1. The van der Waals surface area contributed by atoms with Crippen LogP contribution in [0.3, 0.4) is 0 Å². The van der Waals surface area contributed by atoms with E-state index in [9.17, 15) is 4.79 Å². The number of amides is 1. The third-order valence-electron chi connectivity index (χ3n) is 4.39. The maximum atomic E-state index is 12.8. The van der Waals surface area contributed by atoms with Crippen molar-refractivity contribution >= 4 is 28.8 Å². The number of benzene rings is 1. The molecule has 0 unspecified atom stereocenters. The van der Waals surface area contributed by atoms with Crippen molar-refractivity contribution in [1.82, 2.24) is 14.8 Å². The van der Waals surface area contributed by atoms with Gasteiger partial charge in [0.05, 0.1) is 29.9 Å². The molecule has 1 fully saturated rings. The molecule has 0 N–H and O–H groups in total. The zero-order chi connectivity index (χ0) is 18.7. The second-order valence-corrected chi connectivity index (χ2v) is 7.59. The van der Waals surface area contributed by atoms with Crippen LogP contribution in [0, 0.1) is 6.92 Å². The standard InChI is InChI=1S/C18H22ClN3O3S/c1-12-20-14(11-26-12)10-21-4-6-22(7-5-21)18(23)13-8-15(19)17(25-3)16(9-13)24-2/h8-9,11H,4-7,10H2,1-3H3. The fourth-order valence-corrected chi connectivity index (χ4v) is 3.93. The molecule has 0 aliphatic carbocycles. The van der Waals surface area contributed by atoms with Gasteiger partial charge in [-0.1, -0.05) is 11.6 Å². The predicted octanol–water partition coefficient (Wildman–Crippen LogP) is 3.08. The number of methoxy groups -OCH3 is 2. The van der Waals surface area contributed by atoms with Crippen molar-refractivity contribution in [2.24, 2.45) is 0 Å². The Hall–Kier alpha value is -1.83. The third kappa shape index (κ3) is 4.11. The molecular weight excluding hydrogens is 374 g/mol. The van der Waals surface area contributed by atoms with Crippen molar-refractivity contribution in [3.05, 3.63) is 38.8 Å². The Morgan fingerprint density at radius 1 is 1.23 bits per heavy atom. The molecule has 0 bridgehead atoms. The average molecular weight is 396 g/mol. The Balaban J connectivity index is 1.64. The van der Waals surface area contributed by atoms with Gasteiger partial charge in [0.1, 0.15) is 0 Å². The first-order chi connectivity index (χ1) is 12.5. The summed E-state index contributed by atoms with van der Waals surface area (Å²) >= 11 is 7.89. The molecular formula is C18H22ClN3O3S. The fraction of sp³-hybridized carbons (Fsp3) is 0.444. The number of carbonyl (C=O) groups excluding carboxylic acids is 1. The Morgan fingerprint density at radius 2 is 1.96 bits per heavy atom. The number of rotatable bonds is 5. The highest BCUT2D eigenvalue weighted by molar-refractivity contribution is 7.09. The summed E-state index contributed by atoms with van der Waals surface area (Å²) in [5, 5.41) is 3.55. The Labute approximate surface area is 162 Å². The van der Waals surface area contributed by atoms with Crippen molar-refractivity contribution < 1.29 is 14.3 Å². The summed E-state index contributed by atoms with van der Waals surface area (Å²) in [6.45, 7) is 5.84. The van der Waals surface area contributed by atoms with Crippen LogP contribution in [0.15, 0.2) is 17.5 Å². The van der Waals surface area contributed by atoms with Crippen LogP contribution >= 0.6 is 22.9 Å². The van der Waals surface area contributed by atoms with Gasteiger partial charge in [-0.05, 0) is 19.1 Å². The summed E-state index contributed by atoms with van der Waals surface area (Å²) in [7, 11) is 3.05. The van der Waals surface area contributed by atoms with Gasteiger partial charge < -0.3 is 14.4 Å². The number of thiazole rings is 1. The number of carbonyl (C=O) groups is 1. The Morgan fingerprint density at radius 3 is 2.54 bits per heavy atom. The van der Waals surface area contributed by atoms with Crippen molar-refractivity contribution in [2.75, 3.05) is 40.4 Å². The van der Waals surface area contributed by atoms with Crippen LogP contribution in [-0.4, -0.2) is 61.1 Å². The molecule has 1 aromatic carbocycles. The maximum Gasteiger partial charge on any atom is 0.254 e. The maximum absolute atomic E-state index is 12.8. The van der Waals surface area contributed by atoms with E-state index in [4.69, 9.17) is 21.1 Å². The second-order valence-electron chi connectivity index (χ2n) is 6.12. The summed E-state index contributed by atoms with van der Waals surface area (Å²) in [5.74, 6) is 0.854. The molecule has 0 saturated carbocycles. The van der Waals surface area contributed by atoms with Crippen LogP contribution in [0.2, 0.25) is 5.02 Å². The van der Waals surface area contributed by atoms with Gasteiger partial charge in [-0.15, -0.1) is 11.3 Å². The summed E-state index contributed by atoms with van der Waals surface area (Å²) in [6, 6.07) is 3.31. The number of halogens is 1. The zero-order valence-corrected chi connectivity index (χ0v) is 16.7. The number of nitrogens with zero attached hydrogens (tertiary/aromatic N) is 3.